The number of amides is 3. The minimum atomic E-state index is -0.485. The summed E-state index contributed by atoms with van der Waals surface area (Å²) in [5, 5.41) is 5.13. The highest BCUT2D eigenvalue weighted by Gasteiger charge is 2.14. The number of carbonyl (C=O) groups excluding carboxylic acids is 3. The number of furan rings is 1. The Kier molecular flexibility index (Phi) is 8.17. The van der Waals surface area contributed by atoms with Gasteiger partial charge in [0.25, 0.3) is 11.8 Å². The van der Waals surface area contributed by atoms with Gasteiger partial charge in [-0.2, -0.15) is 0 Å². The Morgan fingerprint density at radius 3 is 2.09 bits per heavy atom. The zero-order valence-corrected chi connectivity index (χ0v) is 20.4. The lowest BCUT2D eigenvalue weighted by molar-refractivity contribution is -0.115. The molecule has 0 aliphatic heterocycles. The summed E-state index contributed by atoms with van der Waals surface area (Å²) in [7, 11) is 0. The van der Waals surface area contributed by atoms with Crippen molar-refractivity contribution in [1.82, 2.24) is 16.2 Å². The lowest BCUT2D eigenvalue weighted by Crippen LogP contribution is -2.48. The molecule has 3 aromatic rings. The van der Waals surface area contributed by atoms with Crippen LogP contribution in [-0.4, -0.2) is 22.8 Å². The number of hydrogen-bond donors (Lipinski definition) is 4. The first kappa shape index (κ1) is 25.4. The third-order valence-electron chi connectivity index (χ3n) is 4.89. The Morgan fingerprint density at radius 2 is 1.49 bits per heavy atom. The van der Waals surface area contributed by atoms with E-state index in [2.05, 4.69) is 42.3 Å². The third kappa shape index (κ3) is 7.65. The highest BCUT2D eigenvalue weighted by Crippen LogP contribution is 2.22. The molecule has 1 heterocycles. The van der Waals surface area contributed by atoms with Gasteiger partial charge in [0.15, 0.2) is 5.11 Å². The Balaban J connectivity index is 1.47. The second-order valence-electron chi connectivity index (χ2n) is 8.61. The maximum Gasteiger partial charge on any atom is 0.269 e. The summed E-state index contributed by atoms with van der Waals surface area (Å²) < 4.78 is 5.09. The molecule has 1 aromatic heterocycles. The van der Waals surface area contributed by atoms with Crippen LogP contribution in [0.15, 0.2) is 77.4 Å². The van der Waals surface area contributed by atoms with Gasteiger partial charge in [0.2, 0.25) is 5.91 Å². The first-order valence-electron chi connectivity index (χ1n) is 10.8. The molecule has 0 radical (unpaired) electrons. The molecule has 0 spiro atoms. The standard InChI is InChI=1S/C26H26N4O4S/c1-26(2,3)19-10-6-17(7-11-19)23(32)27-20-12-8-18(9-13-20)24(33)29-30-25(35)28-22(31)15-14-21-5-4-16-34-21/h4-16H,1-3H3,(H,27,32)(H,29,33)(H2,28,30,31,35). The van der Waals surface area contributed by atoms with E-state index >= 15 is 0 Å². The SMILES string of the molecule is CC(C)(C)c1ccc(C(=O)Nc2ccc(C(=O)NNC(=S)NC(=O)C=Cc3ccco3)cc2)cc1. The van der Waals surface area contributed by atoms with Gasteiger partial charge < -0.3 is 9.73 Å². The second-order valence-corrected chi connectivity index (χ2v) is 9.01. The molecular formula is C26H26N4O4S. The summed E-state index contributed by atoms with van der Waals surface area (Å²) >= 11 is 4.99. The van der Waals surface area contributed by atoms with Gasteiger partial charge in [0, 0.05) is 22.9 Å². The van der Waals surface area contributed by atoms with Crippen molar-refractivity contribution in [1.29, 1.82) is 0 Å². The quantitative estimate of drug-likeness (QED) is 0.243. The first-order valence-corrected chi connectivity index (χ1v) is 11.2. The van der Waals surface area contributed by atoms with Crippen molar-refractivity contribution < 1.29 is 18.8 Å². The van der Waals surface area contributed by atoms with Gasteiger partial charge in [-0.1, -0.05) is 32.9 Å². The van der Waals surface area contributed by atoms with E-state index in [9.17, 15) is 14.4 Å². The molecule has 180 valence electrons. The largest absolute Gasteiger partial charge is 0.465 e. The van der Waals surface area contributed by atoms with Gasteiger partial charge in [0.05, 0.1) is 6.26 Å². The monoisotopic (exact) mass is 490 g/mol. The van der Waals surface area contributed by atoms with Crippen molar-refractivity contribution in [3.05, 3.63) is 95.5 Å². The fourth-order valence-corrected chi connectivity index (χ4v) is 3.10. The molecule has 3 rings (SSSR count). The molecule has 0 atom stereocenters. The van der Waals surface area contributed by atoms with Crippen LogP contribution in [0.3, 0.4) is 0 Å². The maximum atomic E-state index is 12.5. The van der Waals surface area contributed by atoms with Crippen LogP contribution in [0.1, 0.15) is 52.8 Å². The van der Waals surface area contributed by atoms with E-state index in [1.165, 1.54) is 18.4 Å². The number of hydrazine groups is 1. The lowest BCUT2D eigenvalue weighted by atomic mass is 9.87. The van der Waals surface area contributed by atoms with Crippen molar-refractivity contribution in [3.63, 3.8) is 0 Å². The van der Waals surface area contributed by atoms with Crippen LogP contribution < -0.4 is 21.5 Å². The van der Waals surface area contributed by atoms with Gasteiger partial charge in [0.1, 0.15) is 5.76 Å². The summed E-state index contributed by atoms with van der Waals surface area (Å²) in [4.78, 5) is 36.7. The normalized spacial score (nSPS) is 11.1. The van der Waals surface area contributed by atoms with Crippen molar-refractivity contribution in [2.45, 2.75) is 26.2 Å². The molecule has 8 nitrogen and oxygen atoms in total. The number of benzene rings is 2. The number of hydrogen-bond acceptors (Lipinski definition) is 5. The third-order valence-corrected chi connectivity index (χ3v) is 5.09. The van der Waals surface area contributed by atoms with E-state index < -0.39 is 11.8 Å². The van der Waals surface area contributed by atoms with Crippen LogP contribution in [0.5, 0.6) is 0 Å². The molecule has 0 saturated carbocycles. The van der Waals surface area contributed by atoms with Gasteiger partial charge in [-0.3, -0.25) is 30.6 Å². The van der Waals surface area contributed by atoms with E-state index in [-0.39, 0.29) is 16.4 Å². The number of thiocarbonyl (C=S) groups is 1. The van der Waals surface area contributed by atoms with Crippen molar-refractivity contribution >= 4 is 46.8 Å². The second kappa shape index (κ2) is 11.3. The predicted molar refractivity (Wildman–Crippen MR) is 139 cm³/mol. The Hall–Kier alpha value is -4.24. The van der Waals surface area contributed by atoms with E-state index in [1.807, 2.05) is 12.1 Å². The van der Waals surface area contributed by atoms with Gasteiger partial charge in [-0.15, -0.1) is 0 Å². The van der Waals surface area contributed by atoms with Gasteiger partial charge in [-0.25, -0.2) is 0 Å². The molecule has 9 heteroatoms. The van der Waals surface area contributed by atoms with E-state index in [4.69, 9.17) is 16.6 Å². The highest BCUT2D eigenvalue weighted by atomic mass is 32.1. The summed E-state index contributed by atoms with van der Waals surface area (Å²) in [6.45, 7) is 6.33. The fraction of sp³-hybridized carbons (Fsp3) is 0.154. The average Bonchev–Trinajstić information content (AvgIpc) is 3.35. The van der Waals surface area contributed by atoms with Crippen molar-refractivity contribution in [2.24, 2.45) is 0 Å². The van der Waals surface area contributed by atoms with E-state index in [1.54, 1.807) is 48.5 Å². The van der Waals surface area contributed by atoms with Crippen LogP contribution in [0.2, 0.25) is 0 Å². The van der Waals surface area contributed by atoms with Gasteiger partial charge in [-0.05, 0) is 77.8 Å². The van der Waals surface area contributed by atoms with Crippen LogP contribution in [0.25, 0.3) is 6.08 Å². The topological polar surface area (TPSA) is 112 Å². The number of rotatable bonds is 5. The minimum absolute atomic E-state index is 0.00696. The van der Waals surface area contributed by atoms with Crippen LogP contribution in [-0.2, 0) is 10.2 Å². The number of anilines is 1. The highest BCUT2D eigenvalue weighted by molar-refractivity contribution is 7.80. The molecule has 0 saturated heterocycles. The molecule has 0 bridgehead atoms. The molecule has 0 fully saturated rings. The lowest BCUT2D eigenvalue weighted by Gasteiger charge is -2.19. The van der Waals surface area contributed by atoms with Crippen LogP contribution in [0, 0.1) is 0 Å². The Morgan fingerprint density at radius 1 is 0.857 bits per heavy atom. The zero-order chi connectivity index (χ0) is 25.4. The molecule has 4 N–H and O–H groups in total. The van der Waals surface area contributed by atoms with Crippen molar-refractivity contribution in [3.8, 4) is 0 Å². The number of carbonyl (C=O) groups is 3. The van der Waals surface area contributed by atoms with Gasteiger partial charge >= 0.3 is 0 Å². The van der Waals surface area contributed by atoms with Crippen molar-refractivity contribution in [2.75, 3.05) is 5.32 Å². The molecular weight excluding hydrogens is 464 g/mol. The molecule has 2 aromatic carbocycles. The smallest absolute Gasteiger partial charge is 0.269 e. The van der Waals surface area contributed by atoms with Crippen LogP contribution >= 0.6 is 12.2 Å². The number of nitrogens with one attached hydrogen (secondary N) is 4. The molecule has 0 unspecified atom stereocenters. The Bertz CT molecular complexity index is 1230. The van der Waals surface area contributed by atoms with E-state index in [0.29, 0.717) is 22.6 Å². The van der Waals surface area contributed by atoms with Crippen LogP contribution in [0.4, 0.5) is 5.69 Å². The fourth-order valence-electron chi connectivity index (χ4n) is 2.94. The Labute approximate surface area is 208 Å². The minimum Gasteiger partial charge on any atom is -0.465 e. The summed E-state index contributed by atoms with van der Waals surface area (Å²) in [6.07, 6.45) is 4.23. The average molecular weight is 491 g/mol. The molecule has 0 aliphatic rings. The summed E-state index contributed by atoms with van der Waals surface area (Å²) in [5.41, 5.74) is 7.43. The summed E-state index contributed by atoms with van der Waals surface area (Å²) in [5.74, 6) is -0.679. The summed E-state index contributed by atoms with van der Waals surface area (Å²) in [6, 6.07) is 17.2. The zero-order valence-electron chi connectivity index (χ0n) is 19.5. The molecule has 0 aliphatic carbocycles. The molecule has 35 heavy (non-hydrogen) atoms. The maximum absolute atomic E-state index is 12.5. The van der Waals surface area contributed by atoms with E-state index in [0.717, 1.165) is 5.56 Å². The predicted octanol–water partition coefficient (Wildman–Crippen LogP) is 4.18. The molecule has 3 amide bonds. The first-order chi connectivity index (χ1) is 16.6.